The van der Waals surface area contributed by atoms with E-state index in [-0.39, 0.29) is 6.54 Å². The monoisotopic (exact) mass is 204 g/mol. The Morgan fingerprint density at radius 3 is 2.86 bits per heavy atom. The van der Waals surface area contributed by atoms with Gasteiger partial charge >= 0.3 is 0 Å². The SMILES string of the molecule is CCCCOCCNCC(O)C(N)=O. The van der Waals surface area contributed by atoms with Gasteiger partial charge in [-0.2, -0.15) is 0 Å². The number of ether oxygens (including phenoxy) is 1. The van der Waals surface area contributed by atoms with Crippen molar-refractivity contribution in [1.82, 2.24) is 5.32 Å². The first kappa shape index (κ1) is 13.4. The van der Waals surface area contributed by atoms with Crippen LogP contribution in [0.15, 0.2) is 0 Å². The molecule has 5 heteroatoms. The van der Waals surface area contributed by atoms with Crippen molar-refractivity contribution >= 4 is 5.91 Å². The first-order chi connectivity index (χ1) is 6.68. The van der Waals surface area contributed by atoms with Gasteiger partial charge in [-0.1, -0.05) is 13.3 Å². The molecule has 0 rings (SSSR count). The Kier molecular flexibility index (Phi) is 8.51. The number of primary amides is 1. The van der Waals surface area contributed by atoms with E-state index in [9.17, 15) is 4.79 Å². The Morgan fingerprint density at radius 1 is 1.57 bits per heavy atom. The maximum absolute atomic E-state index is 10.4. The summed E-state index contributed by atoms with van der Waals surface area (Å²) in [5.74, 6) is -0.704. The average molecular weight is 204 g/mol. The molecule has 5 nitrogen and oxygen atoms in total. The molecule has 0 aliphatic heterocycles. The number of nitrogens with two attached hydrogens (primary N) is 1. The lowest BCUT2D eigenvalue weighted by Crippen LogP contribution is -2.38. The summed E-state index contributed by atoms with van der Waals surface area (Å²) in [7, 11) is 0. The molecule has 1 unspecified atom stereocenters. The molecule has 0 spiro atoms. The van der Waals surface area contributed by atoms with Crippen molar-refractivity contribution in [2.75, 3.05) is 26.3 Å². The van der Waals surface area contributed by atoms with Gasteiger partial charge in [-0.05, 0) is 6.42 Å². The van der Waals surface area contributed by atoms with Crippen molar-refractivity contribution < 1.29 is 14.6 Å². The summed E-state index contributed by atoms with van der Waals surface area (Å²) < 4.78 is 5.26. The molecular weight excluding hydrogens is 184 g/mol. The molecule has 0 saturated carbocycles. The summed E-state index contributed by atoms with van der Waals surface area (Å²) in [5.41, 5.74) is 4.86. The number of amides is 1. The standard InChI is InChI=1S/C9H20N2O3/c1-2-3-5-14-6-4-11-7-8(12)9(10)13/h8,11-12H,2-7H2,1H3,(H2,10,13). The van der Waals surface area contributed by atoms with Gasteiger partial charge in [0.25, 0.3) is 0 Å². The molecule has 1 amide bonds. The fourth-order valence-electron chi connectivity index (χ4n) is 0.832. The third-order valence-corrected chi connectivity index (χ3v) is 1.73. The van der Waals surface area contributed by atoms with Gasteiger partial charge in [0.15, 0.2) is 0 Å². The Bertz CT molecular complexity index is 153. The van der Waals surface area contributed by atoms with Crippen molar-refractivity contribution in [3.8, 4) is 0 Å². The van der Waals surface area contributed by atoms with Crippen molar-refractivity contribution in [2.45, 2.75) is 25.9 Å². The molecule has 0 fully saturated rings. The second kappa shape index (κ2) is 8.93. The van der Waals surface area contributed by atoms with E-state index >= 15 is 0 Å². The van der Waals surface area contributed by atoms with Crippen LogP contribution in [0.25, 0.3) is 0 Å². The van der Waals surface area contributed by atoms with E-state index in [0.717, 1.165) is 19.4 Å². The Hall–Kier alpha value is -0.650. The van der Waals surface area contributed by atoms with Crippen LogP contribution in [0.2, 0.25) is 0 Å². The van der Waals surface area contributed by atoms with Gasteiger partial charge in [0, 0.05) is 19.7 Å². The summed E-state index contributed by atoms with van der Waals surface area (Å²) in [6, 6.07) is 0. The third kappa shape index (κ3) is 7.97. The lowest BCUT2D eigenvalue weighted by Gasteiger charge is -2.08. The molecule has 0 saturated heterocycles. The molecule has 4 N–H and O–H groups in total. The highest BCUT2D eigenvalue weighted by Gasteiger charge is 2.08. The zero-order valence-electron chi connectivity index (χ0n) is 8.66. The normalized spacial score (nSPS) is 12.7. The van der Waals surface area contributed by atoms with Gasteiger partial charge in [0.1, 0.15) is 6.10 Å². The maximum Gasteiger partial charge on any atom is 0.247 e. The molecule has 0 aromatic carbocycles. The first-order valence-corrected chi connectivity index (χ1v) is 4.94. The molecule has 0 radical (unpaired) electrons. The van der Waals surface area contributed by atoms with Gasteiger partial charge in [-0.15, -0.1) is 0 Å². The largest absolute Gasteiger partial charge is 0.382 e. The van der Waals surface area contributed by atoms with Crippen LogP contribution >= 0.6 is 0 Å². The molecular formula is C9H20N2O3. The molecule has 0 aromatic rings. The predicted molar refractivity (Wildman–Crippen MR) is 53.8 cm³/mol. The minimum atomic E-state index is -1.11. The fraction of sp³-hybridized carbons (Fsp3) is 0.889. The van der Waals surface area contributed by atoms with Crippen molar-refractivity contribution in [2.24, 2.45) is 5.73 Å². The van der Waals surface area contributed by atoms with Crippen molar-refractivity contribution in [1.29, 1.82) is 0 Å². The zero-order valence-corrected chi connectivity index (χ0v) is 8.66. The van der Waals surface area contributed by atoms with Crippen molar-refractivity contribution in [3.63, 3.8) is 0 Å². The van der Waals surface area contributed by atoms with E-state index in [1.54, 1.807) is 0 Å². The maximum atomic E-state index is 10.4. The minimum Gasteiger partial charge on any atom is -0.382 e. The van der Waals surface area contributed by atoms with Gasteiger partial charge in [0.05, 0.1) is 6.61 Å². The number of unbranched alkanes of at least 4 members (excludes halogenated alkanes) is 1. The fourth-order valence-corrected chi connectivity index (χ4v) is 0.832. The van der Waals surface area contributed by atoms with Crippen LogP contribution in [0.5, 0.6) is 0 Å². The number of nitrogens with one attached hydrogen (secondary N) is 1. The van der Waals surface area contributed by atoms with Gasteiger partial charge < -0.3 is 20.9 Å². The van der Waals surface area contributed by atoms with E-state index in [1.807, 2.05) is 0 Å². The summed E-state index contributed by atoms with van der Waals surface area (Å²) in [6.45, 7) is 4.26. The predicted octanol–water partition coefficient (Wildman–Crippen LogP) is -0.761. The zero-order chi connectivity index (χ0) is 10.8. The quantitative estimate of drug-likeness (QED) is 0.431. The van der Waals surface area contributed by atoms with Gasteiger partial charge in [-0.25, -0.2) is 0 Å². The highest BCUT2D eigenvalue weighted by molar-refractivity contribution is 5.78. The third-order valence-electron chi connectivity index (χ3n) is 1.73. The van der Waals surface area contributed by atoms with Gasteiger partial charge in [-0.3, -0.25) is 4.79 Å². The number of hydrogen-bond donors (Lipinski definition) is 3. The van der Waals surface area contributed by atoms with E-state index in [0.29, 0.717) is 13.2 Å². The summed E-state index contributed by atoms with van der Waals surface area (Å²) in [6.07, 6.45) is 1.07. The van der Waals surface area contributed by atoms with Gasteiger partial charge in [0.2, 0.25) is 5.91 Å². The van der Waals surface area contributed by atoms with Crippen molar-refractivity contribution in [3.05, 3.63) is 0 Å². The highest BCUT2D eigenvalue weighted by Crippen LogP contribution is 1.86. The molecule has 0 aliphatic carbocycles. The molecule has 14 heavy (non-hydrogen) atoms. The summed E-state index contributed by atoms with van der Waals surface area (Å²) in [4.78, 5) is 10.4. The molecule has 0 bridgehead atoms. The number of aliphatic hydroxyl groups is 1. The van der Waals surface area contributed by atoms with Crippen LogP contribution in [0, 0.1) is 0 Å². The lowest BCUT2D eigenvalue weighted by atomic mass is 10.3. The number of hydrogen-bond acceptors (Lipinski definition) is 4. The number of aliphatic hydroxyl groups excluding tert-OH is 1. The highest BCUT2D eigenvalue weighted by atomic mass is 16.5. The molecule has 0 heterocycles. The van der Waals surface area contributed by atoms with E-state index in [1.165, 1.54) is 0 Å². The second-order valence-corrected chi connectivity index (χ2v) is 3.09. The van der Waals surface area contributed by atoms with E-state index in [4.69, 9.17) is 15.6 Å². The van der Waals surface area contributed by atoms with Crippen LogP contribution < -0.4 is 11.1 Å². The molecule has 0 aromatic heterocycles. The number of carbonyl (C=O) groups is 1. The van der Waals surface area contributed by atoms with Crippen LogP contribution in [0.1, 0.15) is 19.8 Å². The molecule has 1 atom stereocenters. The molecule has 0 aliphatic rings. The number of carbonyl (C=O) groups excluding carboxylic acids is 1. The minimum absolute atomic E-state index is 0.187. The summed E-state index contributed by atoms with van der Waals surface area (Å²) in [5, 5.41) is 11.9. The Balaban J connectivity index is 3.09. The Labute approximate surface area is 84.6 Å². The molecule has 84 valence electrons. The number of rotatable bonds is 9. The van der Waals surface area contributed by atoms with Crippen LogP contribution in [-0.4, -0.2) is 43.4 Å². The van der Waals surface area contributed by atoms with E-state index < -0.39 is 12.0 Å². The smallest absolute Gasteiger partial charge is 0.247 e. The summed E-state index contributed by atoms with van der Waals surface area (Å²) >= 11 is 0. The Morgan fingerprint density at radius 2 is 2.29 bits per heavy atom. The first-order valence-electron chi connectivity index (χ1n) is 4.94. The van der Waals surface area contributed by atoms with Crippen LogP contribution in [0.3, 0.4) is 0 Å². The topological polar surface area (TPSA) is 84.6 Å². The van der Waals surface area contributed by atoms with E-state index in [2.05, 4.69) is 12.2 Å². The second-order valence-electron chi connectivity index (χ2n) is 3.09. The van der Waals surface area contributed by atoms with Crippen LogP contribution in [0.4, 0.5) is 0 Å². The lowest BCUT2D eigenvalue weighted by molar-refractivity contribution is -0.125. The van der Waals surface area contributed by atoms with Crippen LogP contribution in [-0.2, 0) is 9.53 Å². The average Bonchev–Trinajstić information content (AvgIpc) is 2.16.